The summed E-state index contributed by atoms with van der Waals surface area (Å²) in [5, 5.41) is 2.70. The molecule has 3 amide bonds. The van der Waals surface area contributed by atoms with Crippen molar-refractivity contribution in [1.82, 2.24) is 10.9 Å². The topological polar surface area (TPSA) is 79.5 Å². The number of amides is 3. The van der Waals surface area contributed by atoms with Crippen LogP contribution >= 0.6 is 0 Å². The molecule has 6 nitrogen and oxygen atoms in total. The maximum absolute atomic E-state index is 12.1. The zero-order valence-corrected chi connectivity index (χ0v) is 14.8. The fourth-order valence-electron chi connectivity index (χ4n) is 2.18. The number of hydrazine groups is 1. The second-order valence-corrected chi connectivity index (χ2v) is 5.97. The van der Waals surface area contributed by atoms with E-state index in [1.807, 2.05) is 39.8 Å². The summed E-state index contributed by atoms with van der Waals surface area (Å²) in [6, 6.07) is 11.8. The number of benzene rings is 2. The van der Waals surface area contributed by atoms with Crippen LogP contribution in [0.2, 0.25) is 0 Å². The van der Waals surface area contributed by atoms with Crippen LogP contribution in [0.3, 0.4) is 0 Å². The number of urea groups is 1. The van der Waals surface area contributed by atoms with Crippen LogP contribution in [0, 0.1) is 13.8 Å². The Bertz CT molecular complexity index is 755. The monoisotopic (exact) mass is 341 g/mol. The lowest BCUT2D eigenvalue weighted by Crippen LogP contribution is -2.44. The molecule has 0 bridgehead atoms. The maximum atomic E-state index is 12.1. The van der Waals surface area contributed by atoms with Gasteiger partial charge in [0.1, 0.15) is 5.75 Å². The van der Waals surface area contributed by atoms with Gasteiger partial charge in [0.25, 0.3) is 5.91 Å². The molecule has 0 unspecified atom stereocenters. The second-order valence-electron chi connectivity index (χ2n) is 5.97. The highest BCUT2D eigenvalue weighted by Crippen LogP contribution is 2.17. The molecule has 2 aromatic rings. The Kier molecular flexibility index (Phi) is 6.00. The van der Waals surface area contributed by atoms with Crippen molar-refractivity contribution < 1.29 is 14.3 Å². The van der Waals surface area contributed by atoms with Crippen molar-refractivity contribution in [1.29, 1.82) is 0 Å². The van der Waals surface area contributed by atoms with E-state index in [1.54, 1.807) is 30.3 Å². The molecule has 0 fully saturated rings. The van der Waals surface area contributed by atoms with Gasteiger partial charge >= 0.3 is 6.03 Å². The number of nitrogens with one attached hydrogen (secondary N) is 3. The minimum Gasteiger partial charge on any atom is -0.491 e. The number of hydrogen-bond donors (Lipinski definition) is 3. The summed E-state index contributed by atoms with van der Waals surface area (Å²) < 4.78 is 5.52. The first-order valence-corrected chi connectivity index (χ1v) is 8.07. The van der Waals surface area contributed by atoms with Gasteiger partial charge in [-0.3, -0.25) is 10.2 Å². The Hall–Kier alpha value is -3.02. The summed E-state index contributed by atoms with van der Waals surface area (Å²) in [6.07, 6.45) is 0.0649. The summed E-state index contributed by atoms with van der Waals surface area (Å²) in [4.78, 5) is 24.0. The predicted molar refractivity (Wildman–Crippen MR) is 97.7 cm³/mol. The van der Waals surface area contributed by atoms with E-state index in [-0.39, 0.29) is 6.10 Å². The minimum absolute atomic E-state index is 0.0649. The zero-order chi connectivity index (χ0) is 18.4. The van der Waals surface area contributed by atoms with Crippen molar-refractivity contribution in [3.63, 3.8) is 0 Å². The first kappa shape index (κ1) is 18.3. The Morgan fingerprint density at radius 2 is 1.64 bits per heavy atom. The Morgan fingerprint density at radius 3 is 2.28 bits per heavy atom. The molecule has 2 aromatic carbocycles. The number of hydrogen-bond acceptors (Lipinski definition) is 3. The highest BCUT2D eigenvalue weighted by Gasteiger charge is 2.09. The summed E-state index contributed by atoms with van der Waals surface area (Å²) in [7, 11) is 0. The fourth-order valence-corrected chi connectivity index (χ4v) is 2.18. The number of carbonyl (C=O) groups is 2. The lowest BCUT2D eigenvalue weighted by molar-refractivity contribution is 0.0938. The molecule has 0 spiro atoms. The maximum Gasteiger partial charge on any atom is 0.337 e. The first-order chi connectivity index (χ1) is 11.9. The van der Waals surface area contributed by atoms with E-state index in [2.05, 4.69) is 16.2 Å². The summed E-state index contributed by atoms with van der Waals surface area (Å²) >= 11 is 0. The number of anilines is 1. The predicted octanol–water partition coefficient (Wildman–Crippen LogP) is 3.56. The van der Waals surface area contributed by atoms with Crippen molar-refractivity contribution in [3.05, 3.63) is 59.2 Å². The molecule has 0 heterocycles. The van der Waals surface area contributed by atoms with Crippen molar-refractivity contribution in [3.8, 4) is 5.75 Å². The van der Waals surface area contributed by atoms with Crippen LogP contribution in [-0.2, 0) is 0 Å². The van der Waals surface area contributed by atoms with E-state index in [1.165, 1.54) is 0 Å². The van der Waals surface area contributed by atoms with Gasteiger partial charge in [-0.05, 0) is 69.2 Å². The smallest absolute Gasteiger partial charge is 0.337 e. The van der Waals surface area contributed by atoms with E-state index in [4.69, 9.17) is 4.74 Å². The van der Waals surface area contributed by atoms with Crippen molar-refractivity contribution in [2.75, 3.05) is 5.32 Å². The second kappa shape index (κ2) is 8.19. The molecule has 132 valence electrons. The van der Waals surface area contributed by atoms with Crippen LogP contribution in [0.5, 0.6) is 5.75 Å². The van der Waals surface area contributed by atoms with E-state index in [9.17, 15) is 9.59 Å². The van der Waals surface area contributed by atoms with Crippen LogP contribution < -0.4 is 20.9 Å². The summed E-state index contributed by atoms with van der Waals surface area (Å²) in [6.45, 7) is 7.75. The largest absolute Gasteiger partial charge is 0.491 e. The molecule has 0 radical (unpaired) electrons. The van der Waals surface area contributed by atoms with Gasteiger partial charge in [0.15, 0.2) is 0 Å². The van der Waals surface area contributed by atoms with E-state index in [0.29, 0.717) is 17.0 Å². The SMILES string of the molecule is Cc1cccc(NC(=O)NNC(=O)c2ccc(OC(C)C)cc2)c1C. The van der Waals surface area contributed by atoms with Crippen LogP contribution in [0.25, 0.3) is 0 Å². The third-order valence-electron chi connectivity index (χ3n) is 3.63. The average Bonchev–Trinajstić information content (AvgIpc) is 2.57. The summed E-state index contributed by atoms with van der Waals surface area (Å²) in [5.41, 5.74) is 7.88. The molecule has 0 saturated carbocycles. The molecule has 0 aliphatic carbocycles. The third kappa shape index (κ3) is 5.24. The lowest BCUT2D eigenvalue weighted by atomic mass is 10.1. The fraction of sp³-hybridized carbons (Fsp3) is 0.263. The van der Waals surface area contributed by atoms with Gasteiger partial charge in [-0.25, -0.2) is 10.2 Å². The average molecular weight is 341 g/mol. The number of ether oxygens (including phenoxy) is 1. The molecule has 6 heteroatoms. The standard InChI is InChI=1S/C19H23N3O3/c1-12(2)25-16-10-8-15(9-11-16)18(23)21-22-19(24)20-17-7-5-6-13(3)14(17)4/h5-12H,1-4H3,(H,21,23)(H2,20,22,24). The molecule has 0 aromatic heterocycles. The van der Waals surface area contributed by atoms with Crippen molar-refractivity contribution in [2.24, 2.45) is 0 Å². The molecule has 0 aliphatic rings. The number of rotatable bonds is 4. The van der Waals surface area contributed by atoms with E-state index < -0.39 is 11.9 Å². The van der Waals surface area contributed by atoms with Crippen LogP contribution in [-0.4, -0.2) is 18.0 Å². The van der Waals surface area contributed by atoms with Gasteiger partial charge in [0.2, 0.25) is 0 Å². The van der Waals surface area contributed by atoms with Crippen LogP contribution in [0.15, 0.2) is 42.5 Å². The Labute approximate surface area is 147 Å². The quantitative estimate of drug-likeness (QED) is 0.744. The molecular weight excluding hydrogens is 318 g/mol. The third-order valence-corrected chi connectivity index (χ3v) is 3.63. The van der Waals surface area contributed by atoms with Gasteiger partial charge < -0.3 is 10.1 Å². The van der Waals surface area contributed by atoms with Gasteiger partial charge in [-0.15, -0.1) is 0 Å². The van der Waals surface area contributed by atoms with E-state index in [0.717, 1.165) is 11.1 Å². The Morgan fingerprint density at radius 1 is 0.960 bits per heavy atom. The molecule has 25 heavy (non-hydrogen) atoms. The lowest BCUT2D eigenvalue weighted by Gasteiger charge is -2.12. The van der Waals surface area contributed by atoms with Gasteiger partial charge in [0, 0.05) is 11.3 Å². The van der Waals surface area contributed by atoms with Gasteiger partial charge in [-0.2, -0.15) is 0 Å². The van der Waals surface area contributed by atoms with Crippen molar-refractivity contribution >= 4 is 17.6 Å². The number of aryl methyl sites for hydroxylation is 1. The molecule has 0 saturated heterocycles. The van der Waals surface area contributed by atoms with Crippen LogP contribution in [0.4, 0.5) is 10.5 Å². The number of carbonyl (C=O) groups excluding carboxylic acids is 2. The molecule has 2 rings (SSSR count). The highest BCUT2D eigenvalue weighted by molar-refractivity contribution is 5.97. The van der Waals surface area contributed by atoms with Crippen LogP contribution in [0.1, 0.15) is 35.3 Å². The van der Waals surface area contributed by atoms with E-state index >= 15 is 0 Å². The normalized spacial score (nSPS) is 10.3. The highest BCUT2D eigenvalue weighted by atomic mass is 16.5. The molecule has 0 atom stereocenters. The Balaban J connectivity index is 1.88. The molecule has 0 aliphatic heterocycles. The van der Waals surface area contributed by atoms with Gasteiger partial charge in [0.05, 0.1) is 6.10 Å². The summed E-state index contributed by atoms with van der Waals surface area (Å²) in [5.74, 6) is 0.277. The first-order valence-electron chi connectivity index (χ1n) is 8.07. The van der Waals surface area contributed by atoms with Crippen molar-refractivity contribution in [2.45, 2.75) is 33.8 Å². The zero-order valence-electron chi connectivity index (χ0n) is 14.8. The van der Waals surface area contributed by atoms with Gasteiger partial charge in [-0.1, -0.05) is 12.1 Å². The minimum atomic E-state index is -0.512. The molecule has 3 N–H and O–H groups in total. The molecular formula is C19H23N3O3.